The van der Waals surface area contributed by atoms with Crippen molar-refractivity contribution < 1.29 is 58.0 Å². The Morgan fingerprint density at radius 3 is 1.66 bits per heavy atom. The molecular weight excluding hydrogens is 848 g/mol. The Hall–Kier alpha value is -2.67. The van der Waals surface area contributed by atoms with E-state index in [4.69, 9.17) is 19.1 Å². The van der Waals surface area contributed by atoms with Crippen LogP contribution in [0.15, 0.2) is 72.9 Å². The van der Waals surface area contributed by atoms with E-state index in [2.05, 4.69) is 25.3 Å². The van der Waals surface area contributed by atoms with Crippen LogP contribution in [0.25, 0.3) is 0 Å². The van der Waals surface area contributed by atoms with E-state index in [9.17, 15) is 34.4 Å². The highest BCUT2D eigenvalue weighted by Crippen LogP contribution is 2.43. The molecule has 0 spiro atoms. The lowest BCUT2D eigenvalue weighted by Crippen LogP contribution is -2.29. The summed E-state index contributed by atoms with van der Waals surface area (Å²) in [5, 5.41) is 38.4. The van der Waals surface area contributed by atoms with Gasteiger partial charge >= 0.3 is 19.8 Å². The zero-order chi connectivity index (χ0) is 48.1. The van der Waals surface area contributed by atoms with Gasteiger partial charge in [0.05, 0.1) is 32.0 Å². The van der Waals surface area contributed by atoms with Crippen LogP contribution in [0, 0.1) is 5.92 Å². The predicted octanol–water partition coefficient (Wildman–Crippen LogP) is 11.8. The first-order valence-corrected chi connectivity index (χ1v) is 26.5. The second-order valence-electron chi connectivity index (χ2n) is 17.3. The van der Waals surface area contributed by atoms with Crippen molar-refractivity contribution in [2.45, 2.75) is 212 Å². The molecule has 0 saturated carbocycles. The number of aliphatic hydroxyl groups is 4. The summed E-state index contributed by atoms with van der Waals surface area (Å²) in [5.74, 6) is -0.274. The van der Waals surface area contributed by atoms with Crippen LogP contribution in [0.4, 0.5) is 0 Å². The molecule has 0 aromatic heterocycles. The van der Waals surface area contributed by atoms with Gasteiger partial charge < -0.3 is 34.8 Å². The Morgan fingerprint density at radius 2 is 1.11 bits per heavy atom. The number of phosphoric ester groups is 1. The zero-order valence-electron chi connectivity index (χ0n) is 40.6. The van der Waals surface area contributed by atoms with Crippen LogP contribution < -0.4 is 0 Å². The molecule has 0 aromatic carbocycles. The average Bonchev–Trinajstić information content (AvgIpc) is 3.27. The summed E-state index contributed by atoms with van der Waals surface area (Å²) >= 11 is 0. The molecule has 0 aliphatic heterocycles. The number of hydrogen-bond donors (Lipinski definition) is 5. The highest BCUT2D eigenvalue weighted by Gasteiger charge is 2.27. The molecule has 0 fully saturated rings. The fraction of sp³-hybridized carbons (Fsp3) is 0.731. The summed E-state index contributed by atoms with van der Waals surface area (Å²) in [7, 11) is -4.67. The van der Waals surface area contributed by atoms with Crippen molar-refractivity contribution in [3.05, 3.63) is 72.9 Å². The summed E-state index contributed by atoms with van der Waals surface area (Å²) in [6.45, 7) is 4.34. The monoisotopic (exact) mass is 939 g/mol. The van der Waals surface area contributed by atoms with E-state index >= 15 is 0 Å². The predicted molar refractivity (Wildman–Crippen MR) is 263 cm³/mol. The van der Waals surface area contributed by atoms with Gasteiger partial charge in [-0.2, -0.15) is 0 Å². The summed E-state index contributed by atoms with van der Waals surface area (Å²) in [6.07, 6.45) is 45.2. The van der Waals surface area contributed by atoms with Crippen molar-refractivity contribution in [3.8, 4) is 0 Å². The Kier molecular flexibility index (Phi) is 43.3. The van der Waals surface area contributed by atoms with E-state index in [0.29, 0.717) is 32.1 Å². The number of unbranched alkanes of at least 4 members (excludes halogenated alkanes) is 18. The third-order valence-corrected chi connectivity index (χ3v) is 11.4. The third kappa shape index (κ3) is 46.2. The fourth-order valence-corrected chi connectivity index (χ4v) is 7.41. The minimum absolute atomic E-state index is 0.0533. The number of ether oxygens (including phenoxy) is 2. The van der Waals surface area contributed by atoms with Crippen LogP contribution in [0.2, 0.25) is 0 Å². The highest BCUT2D eigenvalue weighted by molar-refractivity contribution is 7.47. The summed E-state index contributed by atoms with van der Waals surface area (Å²) in [6, 6.07) is 0. The Bertz CT molecular complexity index is 1360. The van der Waals surface area contributed by atoms with Crippen molar-refractivity contribution in [2.24, 2.45) is 5.92 Å². The van der Waals surface area contributed by atoms with Crippen LogP contribution in [-0.2, 0) is 32.7 Å². The molecule has 0 heterocycles. The van der Waals surface area contributed by atoms with E-state index in [1.54, 1.807) is 30.4 Å². The maximum Gasteiger partial charge on any atom is 0.472 e. The number of carbonyl (C=O) groups is 2. The van der Waals surface area contributed by atoms with Gasteiger partial charge in [-0.05, 0) is 44.4 Å². The molecule has 13 heteroatoms. The molecule has 0 amide bonds. The summed E-state index contributed by atoms with van der Waals surface area (Å²) in [5.41, 5.74) is 0. The number of esters is 2. The molecule has 376 valence electrons. The lowest BCUT2D eigenvalue weighted by Gasteiger charge is -2.20. The summed E-state index contributed by atoms with van der Waals surface area (Å²) in [4.78, 5) is 35.1. The van der Waals surface area contributed by atoms with Crippen LogP contribution in [0.1, 0.15) is 188 Å². The van der Waals surface area contributed by atoms with Gasteiger partial charge in [-0.3, -0.25) is 18.6 Å². The molecule has 5 atom stereocenters. The van der Waals surface area contributed by atoms with Crippen LogP contribution in [0.3, 0.4) is 0 Å². The van der Waals surface area contributed by atoms with Gasteiger partial charge in [-0.15, -0.1) is 0 Å². The Labute approximate surface area is 394 Å². The largest absolute Gasteiger partial charge is 0.472 e. The lowest BCUT2D eigenvalue weighted by atomic mass is 10.0. The second-order valence-corrected chi connectivity index (χ2v) is 18.8. The molecule has 0 aromatic rings. The molecule has 0 bridgehead atoms. The van der Waals surface area contributed by atoms with Gasteiger partial charge in [0.2, 0.25) is 0 Å². The van der Waals surface area contributed by atoms with Gasteiger partial charge in [0.1, 0.15) is 12.7 Å². The average molecular weight is 939 g/mol. The van der Waals surface area contributed by atoms with E-state index in [-0.39, 0.29) is 12.8 Å². The first-order valence-electron chi connectivity index (χ1n) is 25.0. The van der Waals surface area contributed by atoms with Crippen molar-refractivity contribution in [3.63, 3.8) is 0 Å². The number of carbonyl (C=O) groups excluding carboxylic acids is 2. The SMILES string of the molecule is CC/C=C\C[C@@H](O)/C=C/C=C\C/C=C\C=C\[C@@H](O)/C=C\CCCC(=O)OC[C@H](COP(=O)(O)OC[C@@H](O)CO)OC(=O)CCCCCCCCCCCCCCCCCCCCC(C)C. The molecule has 0 radical (unpaired) electrons. The van der Waals surface area contributed by atoms with Crippen molar-refractivity contribution in [1.82, 2.24) is 0 Å². The number of hydrogen-bond acceptors (Lipinski definition) is 11. The fourth-order valence-electron chi connectivity index (χ4n) is 6.63. The number of rotatable bonds is 45. The maximum atomic E-state index is 12.7. The molecule has 12 nitrogen and oxygen atoms in total. The van der Waals surface area contributed by atoms with Crippen LogP contribution in [-0.4, -0.2) is 88.1 Å². The first kappa shape index (κ1) is 62.3. The normalized spacial score (nSPS) is 15.3. The minimum atomic E-state index is -4.67. The van der Waals surface area contributed by atoms with Crippen molar-refractivity contribution in [2.75, 3.05) is 26.4 Å². The smallest absolute Gasteiger partial charge is 0.462 e. The molecule has 5 N–H and O–H groups in total. The molecule has 1 unspecified atom stereocenters. The molecule has 65 heavy (non-hydrogen) atoms. The molecule has 0 aliphatic rings. The van der Waals surface area contributed by atoms with Gasteiger partial charge in [-0.25, -0.2) is 4.57 Å². The first-order chi connectivity index (χ1) is 31.4. The Balaban J connectivity index is 4.41. The van der Waals surface area contributed by atoms with E-state index in [0.717, 1.165) is 31.6 Å². The van der Waals surface area contributed by atoms with Gasteiger partial charge in [0.25, 0.3) is 0 Å². The number of phosphoric acid groups is 1. The Morgan fingerprint density at radius 1 is 0.585 bits per heavy atom. The van der Waals surface area contributed by atoms with Crippen LogP contribution in [0.5, 0.6) is 0 Å². The molecule has 0 aliphatic carbocycles. The van der Waals surface area contributed by atoms with Gasteiger partial charge in [0, 0.05) is 12.8 Å². The van der Waals surface area contributed by atoms with E-state index in [1.807, 2.05) is 42.5 Å². The minimum Gasteiger partial charge on any atom is -0.462 e. The van der Waals surface area contributed by atoms with E-state index < -0.39 is 70.6 Å². The van der Waals surface area contributed by atoms with Crippen LogP contribution >= 0.6 is 7.82 Å². The standard InChI is InChI=1S/C52H91O12P/c1-4-5-28-36-47(54)37-30-24-20-18-21-25-31-38-48(55)39-32-27-34-40-51(57)61-44-50(45-63-65(59,60)62-43-49(56)42-53)64-52(58)41-33-26-22-17-15-13-11-9-7-6-8-10-12-14-16-19-23-29-35-46(2)3/h5,20-21,24-25,28,30-32,37-39,46-50,53-56H,4,6-19,22-23,26-27,29,33-36,40-45H2,1-3H3,(H,59,60)/b24-20-,25-21-,28-5-,37-30+,38-31+,39-32-/t47-,48-,49+,50-/m1/s1. The molecule has 0 saturated heterocycles. The molecular formula is C52H91O12P. The van der Waals surface area contributed by atoms with E-state index in [1.165, 1.54) is 96.3 Å². The van der Waals surface area contributed by atoms with Crippen molar-refractivity contribution >= 4 is 19.8 Å². The lowest BCUT2D eigenvalue weighted by molar-refractivity contribution is -0.161. The molecule has 0 rings (SSSR count). The van der Waals surface area contributed by atoms with Gasteiger partial charge in [0.15, 0.2) is 6.10 Å². The quantitative estimate of drug-likeness (QED) is 0.0128. The number of allylic oxidation sites excluding steroid dienone is 8. The second kappa shape index (κ2) is 45.1. The number of aliphatic hydroxyl groups excluding tert-OH is 4. The third-order valence-electron chi connectivity index (χ3n) is 10.5. The summed E-state index contributed by atoms with van der Waals surface area (Å²) < 4.78 is 32.7. The van der Waals surface area contributed by atoms with Gasteiger partial charge in [-0.1, -0.05) is 209 Å². The van der Waals surface area contributed by atoms with Crippen molar-refractivity contribution in [1.29, 1.82) is 0 Å². The zero-order valence-corrected chi connectivity index (χ0v) is 41.5. The highest BCUT2D eigenvalue weighted by atomic mass is 31.2. The topological polar surface area (TPSA) is 189 Å². The maximum absolute atomic E-state index is 12.7.